The monoisotopic (exact) mass is 330 g/mol. The Kier molecular flexibility index (Phi) is 3.52. The average molecular weight is 330 g/mol. The van der Waals surface area contributed by atoms with E-state index in [4.69, 9.17) is 9.94 Å². The van der Waals surface area contributed by atoms with E-state index in [1.807, 2.05) is 0 Å². The maximum Gasteiger partial charge on any atom is 0.354 e. The molecule has 0 amide bonds. The number of hydrogen-bond acceptors (Lipinski definition) is 6. The Balaban J connectivity index is 1.73. The van der Waals surface area contributed by atoms with Gasteiger partial charge in [-0.15, -0.1) is 11.3 Å². The fourth-order valence-corrected chi connectivity index (χ4v) is 5.06. The number of nitrogens with zero attached hydrogens (tertiary/aromatic N) is 1. The van der Waals surface area contributed by atoms with E-state index in [9.17, 15) is 13.2 Å². The van der Waals surface area contributed by atoms with Gasteiger partial charge in [-0.25, -0.2) is 13.2 Å². The van der Waals surface area contributed by atoms with Gasteiger partial charge in [0.2, 0.25) is 0 Å². The molecule has 2 N–H and O–H groups in total. The molecule has 0 aliphatic carbocycles. The lowest BCUT2D eigenvalue weighted by atomic mass is 9.92. The Morgan fingerprint density at radius 1 is 1.43 bits per heavy atom. The number of aliphatic carboxylic acids is 1. The summed E-state index contributed by atoms with van der Waals surface area (Å²) in [4.78, 5) is 16.3. The predicted octanol–water partition coefficient (Wildman–Crippen LogP) is 0.775. The number of carboxylic acid groups (broad SMARTS) is 1. The summed E-state index contributed by atoms with van der Waals surface area (Å²) in [6.07, 6.45) is 2.37. The van der Waals surface area contributed by atoms with Crippen LogP contribution in [0.1, 0.15) is 12.8 Å². The minimum absolute atomic E-state index is 0.00423. The Hall–Kier alpha value is -1.42. The van der Waals surface area contributed by atoms with E-state index in [2.05, 4.69) is 5.48 Å². The molecular formula is C12H14N2O5S2. The minimum Gasteiger partial charge on any atom is -0.477 e. The van der Waals surface area contributed by atoms with Gasteiger partial charge in [-0.3, -0.25) is 10.3 Å². The Morgan fingerprint density at radius 2 is 2.14 bits per heavy atom. The molecule has 0 radical (unpaired) electrons. The van der Waals surface area contributed by atoms with Crippen molar-refractivity contribution in [3.63, 3.8) is 0 Å². The SMILES string of the molecule is O=C(O)C1=CC2(CCN(S(=O)(=O)c3cccs3)CC2)ON1. The van der Waals surface area contributed by atoms with E-state index in [0.29, 0.717) is 30.1 Å². The van der Waals surface area contributed by atoms with Crippen molar-refractivity contribution in [1.82, 2.24) is 9.79 Å². The largest absolute Gasteiger partial charge is 0.477 e. The maximum atomic E-state index is 12.4. The van der Waals surface area contributed by atoms with E-state index in [1.54, 1.807) is 17.5 Å². The molecule has 1 saturated heterocycles. The van der Waals surface area contributed by atoms with E-state index in [-0.39, 0.29) is 5.70 Å². The minimum atomic E-state index is -3.46. The van der Waals surface area contributed by atoms with E-state index < -0.39 is 21.6 Å². The van der Waals surface area contributed by atoms with Crippen molar-refractivity contribution in [2.75, 3.05) is 13.1 Å². The van der Waals surface area contributed by atoms with Crippen LogP contribution < -0.4 is 5.48 Å². The molecule has 0 aromatic carbocycles. The van der Waals surface area contributed by atoms with Crippen LogP contribution in [0.3, 0.4) is 0 Å². The normalized spacial score (nSPS) is 22.0. The van der Waals surface area contributed by atoms with Gasteiger partial charge in [0.25, 0.3) is 10.0 Å². The van der Waals surface area contributed by atoms with Gasteiger partial charge in [0.05, 0.1) is 0 Å². The average Bonchev–Trinajstić information content (AvgIpc) is 3.09. The first kappa shape index (κ1) is 14.5. The second kappa shape index (κ2) is 5.09. The first-order chi connectivity index (χ1) is 9.93. The zero-order valence-corrected chi connectivity index (χ0v) is 12.6. The second-order valence-corrected chi connectivity index (χ2v) is 8.08. The van der Waals surface area contributed by atoms with Crippen LogP contribution >= 0.6 is 11.3 Å². The molecule has 1 aromatic heterocycles. The number of hydroxylamine groups is 1. The highest BCUT2D eigenvalue weighted by atomic mass is 32.2. The number of hydrogen-bond donors (Lipinski definition) is 2. The van der Waals surface area contributed by atoms with Crippen molar-refractivity contribution in [2.45, 2.75) is 22.7 Å². The molecule has 1 spiro atoms. The topological polar surface area (TPSA) is 95.9 Å². The molecule has 7 nitrogen and oxygen atoms in total. The molecule has 2 aliphatic rings. The smallest absolute Gasteiger partial charge is 0.354 e. The summed E-state index contributed by atoms with van der Waals surface area (Å²) in [5.74, 6) is -1.08. The van der Waals surface area contributed by atoms with Crippen molar-refractivity contribution in [1.29, 1.82) is 0 Å². The van der Waals surface area contributed by atoms with Crippen molar-refractivity contribution in [3.8, 4) is 0 Å². The molecular weight excluding hydrogens is 316 g/mol. The van der Waals surface area contributed by atoms with Crippen LogP contribution in [-0.4, -0.2) is 42.5 Å². The summed E-state index contributed by atoms with van der Waals surface area (Å²) in [5, 5.41) is 10.6. The summed E-state index contributed by atoms with van der Waals surface area (Å²) in [5.41, 5.74) is 1.67. The predicted molar refractivity (Wildman–Crippen MR) is 75.0 cm³/mol. The van der Waals surface area contributed by atoms with Crippen LogP contribution in [0.2, 0.25) is 0 Å². The number of carboxylic acids is 1. The standard InChI is InChI=1S/C12H14N2O5S2/c15-11(16)9-8-12(19-13-9)3-5-14(6-4-12)21(17,18)10-2-1-7-20-10/h1-2,7-8,13H,3-6H2,(H,15,16). The van der Waals surface area contributed by atoms with Crippen LogP contribution in [0.4, 0.5) is 0 Å². The van der Waals surface area contributed by atoms with Gasteiger partial charge in [0.1, 0.15) is 15.5 Å². The second-order valence-electron chi connectivity index (χ2n) is 4.97. The van der Waals surface area contributed by atoms with Crippen LogP contribution in [0.5, 0.6) is 0 Å². The van der Waals surface area contributed by atoms with Crippen LogP contribution in [0.25, 0.3) is 0 Å². The van der Waals surface area contributed by atoms with Crippen molar-refractivity contribution >= 4 is 27.3 Å². The number of piperidine rings is 1. The number of carbonyl (C=O) groups is 1. The molecule has 0 unspecified atom stereocenters. The van der Waals surface area contributed by atoms with Crippen molar-refractivity contribution in [2.24, 2.45) is 0 Å². The third-order valence-corrected chi connectivity index (χ3v) is 6.93. The van der Waals surface area contributed by atoms with Gasteiger partial charge >= 0.3 is 5.97 Å². The van der Waals surface area contributed by atoms with Gasteiger partial charge < -0.3 is 5.11 Å². The number of sulfonamides is 1. The van der Waals surface area contributed by atoms with E-state index in [1.165, 1.54) is 21.7 Å². The summed E-state index contributed by atoms with van der Waals surface area (Å²) < 4.78 is 26.5. The maximum absolute atomic E-state index is 12.4. The number of rotatable bonds is 3. The highest BCUT2D eigenvalue weighted by Crippen LogP contribution is 2.34. The van der Waals surface area contributed by atoms with Gasteiger partial charge in [-0.1, -0.05) is 6.07 Å². The van der Waals surface area contributed by atoms with Gasteiger partial charge in [-0.05, 0) is 30.4 Å². The summed E-state index contributed by atoms with van der Waals surface area (Å²) in [7, 11) is -3.46. The molecule has 1 aromatic rings. The first-order valence-electron chi connectivity index (χ1n) is 6.37. The summed E-state index contributed by atoms with van der Waals surface area (Å²) in [6, 6.07) is 3.29. The van der Waals surface area contributed by atoms with E-state index >= 15 is 0 Å². The lowest BCUT2D eigenvalue weighted by molar-refractivity contribution is -0.135. The number of nitrogens with one attached hydrogen (secondary N) is 1. The fourth-order valence-electron chi connectivity index (χ4n) is 2.47. The zero-order valence-electron chi connectivity index (χ0n) is 11.0. The highest BCUT2D eigenvalue weighted by Gasteiger charge is 2.42. The summed E-state index contributed by atoms with van der Waals surface area (Å²) in [6.45, 7) is 0.594. The first-order valence-corrected chi connectivity index (χ1v) is 8.69. The highest BCUT2D eigenvalue weighted by molar-refractivity contribution is 7.91. The molecule has 1 fully saturated rings. The third-order valence-electron chi connectivity index (χ3n) is 3.66. The number of thiophene rings is 1. The molecule has 3 rings (SSSR count). The third kappa shape index (κ3) is 2.57. The van der Waals surface area contributed by atoms with Crippen molar-refractivity contribution < 1.29 is 23.2 Å². The lowest BCUT2D eigenvalue weighted by Gasteiger charge is -2.35. The van der Waals surface area contributed by atoms with Crippen LogP contribution in [0.15, 0.2) is 33.5 Å². The van der Waals surface area contributed by atoms with Gasteiger partial charge in [-0.2, -0.15) is 4.31 Å². The fraction of sp³-hybridized carbons (Fsp3) is 0.417. The van der Waals surface area contributed by atoms with Crippen molar-refractivity contribution in [3.05, 3.63) is 29.3 Å². The molecule has 0 bridgehead atoms. The van der Waals surface area contributed by atoms with Gasteiger partial charge in [0, 0.05) is 13.1 Å². The lowest BCUT2D eigenvalue weighted by Crippen LogP contribution is -2.46. The van der Waals surface area contributed by atoms with Gasteiger partial charge in [0.15, 0.2) is 0 Å². The Bertz CT molecular complexity index is 673. The molecule has 0 atom stereocenters. The molecule has 21 heavy (non-hydrogen) atoms. The molecule has 9 heteroatoms. The zero-order chi connectivity index (χ0) is 15.1. The van der Waals surface area contributed by atoms with Crippen LogP contribution in [-0.2, 0) is 19.7 Å². The molecule has 0 saturated carbocycles. The Morgan fingerprint density at radius 3 is 2.67 bits per heavy atom. The summed E-state index contributed by atoms with van der Waals surface area (Å²) >= 11 is 1.19. The molecule has 2 aliphatic heterocycles. The Labute approximate surface area is 125 Å². The molecule has 114 valence electrons. The van der Waals surface area contributed by atoms with Crippen LogP contribution in [0, 0.1) is 0 Å². The molecule has 3 heterocycles. The van der Waals surface area contributed by atoms with E-state index in [0.717, 1.165) is 0 Å². The quantitative estimate of drug-likeness (QED) is 0.850.